The van der Waals surface area contributed by atoms with Crippen LogP contribution in [0.3, 0.4) is 0 Å². The number of hydrogen-bond donors (Lipinski definition) is 1. The van der Waals surface area contributed by atoms with Gasteiger partial charge in [0.2, 0.25) is 5.95 Å². The van der Waals surface area contributed by atoms with Crippen LogP contribution in [0, 0.1) is 0 Å². The van der Waals surface area contributed by atoms with Crippen molar-refractivity contribution in [2.75, 3.05) is 18.5 Å². The Balaban J connectivity index is 1.43. The normalized spacial score (nSPS) is 11.0. The van der Waals surface area contributed by atoms with Crippen LogP contribution in [-0.4, -0.2) is 33.7 Å². The van der Waals surface area contributed by atoms with Crippen molar-refractivity contribution in [1.29, 1.82) is 0 Å². The van der Waals surface area contributed by atoms with Crippen molar-refractivity contribution in [3.8, 4) is 0 Å². The number of fused-ring (bicyclic) bond motifs is 1. The molecule has 0 bridgehead atoms. The topological polar surface area (TPSA) is 69.0 Å². The second-order valence-electron chi connectivity index (χ2n) is 7.25. The third kappa shape index (κ3) is 5.55. The fourth-order valence-electron chi connectivity index (χ4n) is 3.39. The van der Waals surface area contributed by atoms with Crippen molar-refractivity contribution < 1.29 is 9.53 Å². The summed E-state index contributed by atoms with van der Waals surface area (Å²) in [5, 5.41) is 2.99. The van der Waals surface area contributed by atoms with E-state index < -0.39 is 0 Å². The standard InChI is InChI=1S/C25H26N4O2S/c1-2-31-16-6-15-29-23-9-4-3-8-22(23)27-25(29)28-24(30)20-10-12-21(13-11-20)32-18-19-7-5-14-26-17-19/h3-5,7-14,17H,2,6,15-16,18H2,1H3,(H,27,28,30). The van der Waals surface area contributed by atoms with Gasteiger partial charge in [-0.1, -0.05) is 18.2 Å². The maximum atomic E-state index is 12.9. The van der Waals surface area contributed by atoms with Gasteiger partial charge in [-0.05, 0) is 61.4 Å². The van der Waals surface area contributed by atoms with Gasteiger partial charge in [-0.25, -0.2) is 4.98 Å². The number of imidazole rings is 1. The van der Waals surface area contributed by atoms with Gasteiger partial charge in [0.05, 0.1) is 11.0 Å². The molecule has 7 heteroatoms. The molecule has 0 spiro atoms. The Labute approximate surface area is 192 Å². The van der Waals surface area contributed by atoms with Crippen molar-refractivity contribution in [2.24, 2.45) is 0 Å². The third-order valence-electron chi connectivity index (χ3n) is 5.00. The number of carbonyl (C=O) groups is 1. The van der Waals surface area contributed by atoms with E-state index in [1.165, 1.54) is 5.56 Å². The van der Waals surface area contributed by atoms with E-state index in [9.17, 15) is 4.79 Å². The van der Waals surface area contributed by atoms with Gasteiger partial charge in [0.25, 0.3) is 5.91 Å². The highest BCUT2D eigenvalue weighted by atomic mass is 32.2. The Kier molecular flexibility index (Phi) is 7.53. The lowest BCUT2D eigenvalue weighted by Crippen LogP contribution is -2.16. The molecule has 0 atom stereocenters. The molecule has 0 saturated heterocycles. The molecule has 1 N–H and O–H groups in total. The van der Waals surface area contributed by atoms with Gasteiger partial charge < -0.3 is 9.30 Å². The van der Waals surface area contributed by atoms with E-state index in [0.29, 0.717) is 24.7 Å². The summed E-state index contributed by atoms with van der Waals surface area (Å²) in [6.45, 7) is 4.08. The van der Waals surface area contributed by atoms with E-state index in [0.717, 1.165) is 34.6 Å². The number of carbonyl (C=O) groups excluding carboxylic acids is 1. The minimum Gasteiger partial charge on any atom is -0.382 e. The van der Waals surface area contributed by atoms with Crippen LogP contribution in [0.1, 0.15) is 29.3 Å². The molecule has 2 aromatic heterocycles. The van der Waals surface area contributed by atoms with E-state index in [1.807, 2.05) is 72.3 Å². The molecule has 0 aliphatic heterocycles. The number of para-hydroxylation sites is 2. The molecule has 32 heavy (non-hydrogen) atoms. The van der Waals surface area contributed by atoms with Crippen molar-refractivity contribution in [1.82, 2.24) is 14.5 Å². The number of aryl methyl sites for hydroxylation is 1. The van der Waals surface area contributed by atoms with E-state index in [2.05, 4.69) is 21.4 Å². The molecule has 4 rings (SSSR count). The Hall–Kier alpha value is -3.16. The zero-order valence-corrected chi connectivity index (χ0v) is 18.8. The van der Waals surface area contributed by atoms with Gasteiger partial charge in [0.1, 0.15) is 0 Å². The maximum Gasteiger partial charge on any atom is 0.257 e. The van der Waals surface area contributed by atoms with E-state index in [-0.39, 0.29) is 5.91 Å². The molecule has 0 radical (unpaired) electrons. The van der Waals surface area contributed by atoms with Crippen molar-refractivity contribution in [3.05, 3.63) is 84.2 Å². The van der Waals surface area contributed by atoms with Gasteiger partial charge in [-0.15, -0.1) is 11.8 Å². The number of anilines is 1. The minimum atomic E-state index is -0.171. The molecule has 0 aliphatic rings. The predicted molar refractivity (Wildman–Crippen MR) is 129 cm³/mol. The molecule has 0 aliphatic carbocycles. The highest BCUT2D eigenvalue weighted by Gasteiger charge is 2.14. The van der Waals surface area contributed by atoms with Gasteiger partial charge in [-0.3, -0.25) is 15.1 Å². The SMILES string of the molecule is CCOCCCn1c(NC(=O)c2ccc(SCc3cccnc3)cc2)nc2ccccc21. The lowest BCUT2D eigenvalue weighted by atomic mass is 10.2. The lowest BCUT2D eigenvalue weighted by molar-refractivity contribution is 0.102. The van der Waals surface area contributed by atoms with Crippen LogP contribution in [0.2, 0.25) is 0 Å². The predicted octanol–water partition coefficient (Wildman–Crippen LogP) is 5.40. The van der Waals surface area contributed by atoms with Gasteiger partial charge in [-0.2, -0.15) is 0 Å². The number of hydrogen-bond acceptors (Lipinski definition) is 5. The Morgan fingerprint density at radius 1 is 1.09 bits per heavy atom. The van der Waals surface area contributed by atoms with Crippen LogP contribution in [-0.2, 0) is 17.0 Å². The average molecular weight is 447 g/mol. The Bertz CT molecular complexity index is 1160. The minimum absolute atomic E-state index is 0.171. The smallest absolute Gasteiger partial charge is 0.257 e. The van der Waals surface area contributed by atoms with Crippen molar-refractivity contribution in [2.45, 2.75) is 30.5 Å². The van der Waals surface area contributed by atoms with E-state index in [4.69, 9.17) is 4.74 Å². The van der Waals surface area contributed by atoms with Gasteiger partial charge in [0, 0.05) is 48.4 Å². The average Bonchev–Trinajstić information content (AvgIpc) is 3.18. The number of benzene rings is 2. The van der Waals surface area contributed by atoms with Crippen molar-refractivity contribution >= 4 is 34.7 Å². The zero-order valence-electron chi connectivity index (χ0n) is 18.0. The largest absolute Gasteiger partial charge is 0.382 e. The number of rotatable bonds is 10. The molecule has 0 fully saturated rings. The van der Waals surface area contributed by atoms with Crippen LogP contribution in [0.25, 0.3) is 11.0 Å². The molecule has 0 unspecified atom stereocenters. The summed E-state index contributed by atoms with van der Waals surface area (Å²) in [5.74, 6) is 1.23. The number of ether oxygens (including phenoxy) is 1. The first-order valence-electron chi connectivity index (χ1n) is 10.7. The molecule has 2 heterocycles. The van der Waals surface area contributed by atoms with Crippen molar-refractivity contribution in [3.63, 3.8) is 0 Å². The second kappa shape index (κ2) is 10.9. The van der Waals surface area contributed by atoms with Gasteiger partial charge >= 0.3 is 0 Å². The molecule has 2 aromatic carbocycles. The number of amides is 1. The fraction of sp³-hybridized carbons (Fsp3) is 0.240. The Morgan fingerprint density at radius 3 is 2.72 bits per heavy atom. The number of aromatic nitrogens is 3. The second-order valence-corrected chi connectivity index (χ2v) is 8.30. The van der Waals surface area contributed by atoms with Crippen LogP contribution >= 0.6 is 11.8 Å². The summed E-state index contributed by atoms with van der Waals surface area (Å²) in [6, 6.07) is 19.6. The summed E-state index contributed by atoms with van der Waals surface area (Å²) in [6.07, 6.45) is 4.49. The highest BCUT2D eigenvalue weighted by Crippen LogP contribution is 2.24. The van der Waals surface area contributed by atoms with Gasteiger partial charge in [0.15, 0.2) is 0 Å². The Morgan fingerprint density at radius 2 is 1.94 bits per heavy atom. The summed E-state index contributed by atoms with van der Waals surface area (Å²) < 4.78 is 7.51. The first kappa shape index (κ1) is 22.0. The quantitative estimate of drug-likeness (QED) is 0.261. The first-order chi connectivity index (χ1) is 15.7. The van der Waals surface area contributed by atoms with Crippen LogP contribution in [0.15, 0.2) is 78.0 Å². The van der Waals surface area contributed by atoms with Crippen LogP contribution in [0.5, 0.6) is 0 Å². The monoisotopic (exact) mass is 446 g/mol. The van der Waals surface area contributed by atoms with E-state index in [1.54, 1.807) is 18.0 Å². The zero-order chi connectivity index (χ0) is 22.2. The summed E-state index contributed by atoms with van der Waals surface area (Å²) in [4.78, 5) is 22.8. The van der Waals surface area contributed by atoms with E-state index >= 15 is 0 Å². The molecular formula is C25H26N4O2S. The number of thioether (sulfide) groups is 1. The lowest BCUT2D eigenvalue weighted by Gasteiger charge is -2.10. The molecule has 0 saturated carbocycles. The molecular weight excluding hydrogens is 420 g/mol. The number of nitrogens with one attached hydrogen (secondary N) is 1. The summed E-state index contributed by atoms with van der Waals surface area (Å²) >= 11 is 1.72. The molecule has 4 aromatic rings. The summed E-state index contributed by atoms with van der Waals surface area (Å²) in [7, 11) is 0. The third-order valence-corrected chi connectivity index (χ3v) is 6.08. The molecule has 164 valence electrons. The highest BCUT2D eigenvalue weighted by molar-refractivity contribution is 7.98. The maximum absolute atomic E-state index is 12.9. The first-order valence-corrected chi connectivity index (χ1v) is 11.7. The fourth-order valence-corrected chi connectivity index (χ4v) is 4.23. The number of nitrogens with zero attached hydrogens (tertiary/aromatic N) is 3. The van der Waals surface area contributed by atoms with Crippen LogP contribution in [0.4, 0.5) is 5.95 Å². The molecule has 6 nitrogen and oxygen atoms in total. The summed E-state index contributed by atoms with van der Waals surface area (Å²) in [5.41, 5.74) is 3.63. The molecule has 1 amide bonds. The van der Waals surface area contributed by atoms with Crippen LogP contribution < -0.4 is 5.32 Å². The number of pyridine rings is 1.